The normalized spacial score (nSPS) is 14.8. The molecular formula is C16H25ClN2O5S. The average Bonchev–Trinajstić information content (AvgIpc) is 2.77. The molecule has 1 atom stereocenters. The molecule has 142 valence electrons. The molecule has 0 aliphatic carbocycles. The van der Waals surface area contributed by atoms with Crippen molar-refractivity contribution in [2.24, 2.45) is 5.73 Å². The van der Waals surface area contributed by atoms with Crippen molar-refractivity contribution in [1.29, 1.82) is 0 Å². The van der Waals surface area contributed by atoms with Crippen LogP contribution in [0, 0.1) is 0 Å². The number of halogens is 1. The Morgan fingerprint density at radius 2 is 1.96 bits per heavy atom. The van der Waals surface area contributed by atoms with E-state index in [1.807, 2.05) is 6.92 Å². The van der Waals surface area contributed by atoms with Crippen molar-refractivity contribution in [1.82, 2.24) is 5.32 Å². The van der Waals surface area contributed by atoms with Crippen molar-refractivity contribution in [3.8, 4) is 11.5 Å². The van der Waals surface area contributed by atoms with Crippen LogP contribution in [0.25, 0.3) is 0 Å². The molecule has 0 aromatic heterocycles. The summed E-state index contributed by atoms with van der Waals surface area (Å²) >= 11 is 0. The Morgan fingerprint density at radius 3 is 2.64 bits per heavy atom. The van der Waals surface area contributed by atoms with Crippen molar-refractivity contribution < 1.29 is 22.7 Å². The molecule has 1 aromatic rings. The van der Waals surface area contributed by atoms with Crippen LogP contribution in [-0.2, 0) is 14.6 Å². The van der Waals surface area contributed by atoms with Crippen LogP contribution in [0.3, 0.4) is 0 Å². The number of hydrogen-bond donors (Lipinski definition) is 2. The van der Waals surface area contributed by atoms with Crippen molar-refractivity contribution in [3.63, 3.8) is 0 Å². The second kappa shape index (κ2) is 9.84. The maximum Gasteiger partial charge on any atom is 0.221 e. The zero-order valence-electron chi connectivity index (χ0n) is 14.2. The third-order valence-corrected chi connectivity index (χ3v) is 5.31. The van der Waals surface area contributed by atoms with E-state index < -0.39 is 9.84 Å². The molecule has 3 N–H and O–H groups in total. The van der Waals surface area contributed by atoms with Crippen LogP contribution in [0.2, 0.25) is 0 Å². The summed E-state index contributed by atoms with van der Waals surface area (Å²) in [6.07, 6.45) is 1.31. The maximum absolute atomic E-state index is 12.4. The zero-order chi connectivity index (χ0) is 17.6. The summed E-state index contributed by atoms with van der Waals surface area (Å²) in [6.45, 7) is 3.32. The smallest absolute Gasteiger partial charge is 0.221 e. The Bertz CT molecular complexity index is 679. The van der Waals surface area contributed by atoms with Gasteiger partial charge in [-0.1, -0.05) is 0 Å². The monoisotopic (exact) mass is 392 g/mol. The van der Waals surface area contributed by atoms with Crippen molar-refractivity contribution >= 4 is 28.2 Å². The topological polar surface area (TPSA) is 108 Å². The number of ether oxygens (including phenoxy) is 2. The Morgan fingerprint density at radius 1 is 1.28 bits per heavy atom. The number of benzene rings is 1. The predicted molar refractivity (Wildman–Crippen MR) is 97.2 cm³/mol. The number of hydrogen-bond acceptors (Lipinski definition) is 6. The fraction of sp³-hybridized carbons (Fsp3) is 0.562. The van der Waals surface area contributed by atoms with E-state index in [1.54, 1.807) is 6.07 Å². The van der Waals surface area contributed by atoms with Gasteiger partial charge in [0.25, 0.3) is 0 Å². The molecule has 0 radical (unpaired) electrons. The van der Waals surface area contributed by atoms with Gasteiger partial charge in [0.05, 0.1) is 23.9 Å². The standard InChI is InChI=1S/C16H24N2O5S.ClH/c1-12(17)5-7-18-16(19)6-10-24(20,21)13-3-4-14-15(11-13)23-9-2-8-22-14;/h3-4,11-12H,2,5-10,17H2,1H3,(H,18,19);1H. The van der Waals surface area contributed by atoms with Crippen LogP contribution in [0.1, 0.15) is 26.2 Å². The predicted octanol–water partition coefficient (Wildman–Crippen LogP) is 1.29. The fourth-order valence-corrected chi connectivity index (χ4v) is 3.46. The van der Waals surface area contributed by atoms with E-state index in [-0.39, 0.29) is 41.4 Å². The van der Waals surface area contributed by atoms with Crippen molar-refractivity contribution in [2.45, 2.75) is 37.1 Å². The first-order valence-corrected chi connectivity index (χ1v) is 9.68. The molecule has 2 rings (SSSR count). The molecular weight excluding hydrogens is 368 g/mol. The number of carbonyl (C=O) groups is 1. The minimum atomic E-state index is -3.56. The second-order valence-corrected chi connectivity index (χ2v) is 7.95. The summed E-state index contributed by atoms with van der Waals surface area (Å²) in [5.74, 6) is 0.417. The molecule has 1 unspecified atom stereocenters. The first kappa shape index (κ1) is 21.5. The third kappa shape index (κ3) is 6.72. The highest BCUT2D eigenvalue weighted by molar-refractivity contribution is 7.91. The lowest BCUT2D eigenvalue weighted by molar-refractivity contribution is -0.120. The largest absolute Gasteiger partial charge is 0.490 e. The molecule has 7 nitrogen and oxygen atoms in total. The van der Waals surface area contributed by atoms with Crippen molar-refractivity contribution in [2.75, 3.05) is 25.5 Å². The molecule has 1 heterocycles. The van der Waals surface area contributed by atoms with Crippen molar-refractivity contribution in [3.05, 3.63) is 18.2 Å². The highest BCUT2D eigenvalue weighted by Gasteiger charge is 2.20. The number of nitrogens with one attached hydrogen (secondary N) is 1. The van der Waals surface area contributed by atoms with E-state index in [2.05, 4.69) is 5.32 Å². The van der Waals surface area contributed by atoms with Gasteiger partial charge in [-0.2, -0.15) is 0 Å². The van der Waals surface area contributed by atoms with E-state index in [0.29, 0.717) is 37.7 Å². The van der Waals surface area contributed by atoms with Gasteiger partial charge in [0, 0.05) is 31.5 Å². The molecule has 0 bridgehead atoms. The number of fused-ring (bicyclic) bond motifs is 1. The van der Waals surface area contributed by atoms with Crippen LogP contribution in [0.15, 0.2) is 23.1 Å². The fourth-order valence-electron chi connectivity index (χ4n) is 2.21. The highest BCUT2D eigenvalue weighted by Crippen LogP contribution is 2.32. The van der Waals surface area contributed by atoms with E-state index in [4.69, 9.17) is 15.2 Å². The molecule has 0 fully saturated rings. The lowest BCUT2D eigenvalue weighted by Crippen LogP contribution is -2.30. The molecule has 0 saturated heterocycles. The first-order valence-electron chi connectivity index (χ1n) is 8.03. The quantitative estimate of drug-likeness (QED) is 0.723. The Hall–Kier alpha value is -1.51. The molecule has 0 spiro atoms. The molecule has 9 heteroatoms. The molecule has 1 aliphatic heterocycles. The Labute approximate surface area is 154 Å². The van der Waals surface area contributed by atoms with E-state index in [9.17, 15) is 13.2 Å². The number of rotatable bonds is 7. The average molecular weight is 393 g/mol. The zero-order valence-corrected chi connectivity index (χ0v) is 15.8. The Balaban J connectivity index is 0.00000312. The summed E-state index contributed by atoms with van der Waals surface area (Å²) in [6, 6.07) is 4.53. The van der Waals surface area contributed by atoms with Crippen LogP contribution in [-0.4, -0.2) is 45.9 Å². The van der Waals surface area contributed by atoms with Crippen LogP contribution < -0.4 is 20.5 Å². The molecule has 1 amide bonds. The highest BCUT2D eigenvalue weighted by atomic mass is 35.5. The van der Waals surface area contributed by atoms with E-state index in [0.717, 1.165) is 6.42 Å². The summed E-state index contributed by atoms with van der Waals surface area (Å²) in [5, 5.41) is 2.67. The SMILES string of the molecule is CC(N)CCNC(=O)CCS(=O)(=O)c1ccc2c(c1)OCCCO2.Cl. The van der Waals surface area contributed by atoms with Gasteiger partial charge >= 0.3 is 0 Å². The number of carbonyl (C=O) groups excluding carboxylic acids is 1. The minimum absolute atomic E-state index is 0. The van der Waals surface area contributed by atoms with Gasteiger partial charge in [0.1, 0.15) is 0 Å². The molecule has 1 aliphatic rings. The summed E-state index contributed by atoms with van der Waals surface area (Å²) in [4.78, 5) is 11.9. The third-order valence-electron chi connectivity index (χ3n) is 3.60. The van der Waals surface area contributed by atoms with E-state index in [1.165, 1.54) is 12.1 Å². The van der Waals surface area contributed by atoms with Crippen LogP contribution >= 0.6 is 12.4 Å². The van der Waals surface area contributed by atoms with Gasteiger partial charge < -0.3 is 20.5 Å². The maximum atomic E-state index is 12.4. The summed E-state index contributed by atoms with van der Waals surface area (Å²) in [5.41, 5.74) is 5.60. The van der Waals surface area contributed by atoms with Gasteiger partial charge in [-0.05, 0) is 25.5 Å². The first-order chi connectivity index (χ1) is 11.4. The number of amides is 1. The van der Waals surface area contributed by atoms with Crippen LogP contribution in [0.5, 0.6) is 11.5 Å². The lowest BCUT2D eigenvalue weighted by Gasteiger charge is -2.10. The summed E-state index contributed by atoms with van der Waals surface area (Å²) in [7, 11) is -3.56. The second-order valence-electron chi connectivity index (χ2n) is 5.84. The van der Waals surface area contributed by atoms with Gasteiger partial charge in [0.2, 0.25) is 5.91 Å². The number of nitrogens with two attached hydrogens (primary N) is 1. The minimum Gasteiger partial charge on any atom is -0.490 e. The van der Waals surface area contributed by atoms with E-state index >= 15 is 0 Å². The lowest BCUT2D eigenvalue weighted by atomic mass is 10.2. The van der Waals surface area contributed by atoms with Gasteiger partial charge in [-0.25, -0.2) is 8.42 Å². The van der Waals surface area contributed by atoms with Gasteiger partial charge in [-0.15, -0.1) is 12.4 Å². The molecule has 25 heavy (non-hydrogen) atoms. The number of sulfone groups is 1. The Kier molecular flexibility index (Phi) is 8.47. The summed E-state index contributed by atoms with van der Waals surface area (Å²) < 4.78 is 35.8. The molecule has 1 aromatic carbocycles. The molecule has 0 saturated carbocycles. The van der Waals surface area contributed by atoms with Gasteiger partial charge in [-0.3, -0.25) is 4.79 Å². The van der Waals surface area contributed by atoms with Gasteiger partial charge in [0.15, 0.2) is 21.3 Å². The van der Waals surface area contributed by atoms with Crippen LogP contribution in [0.4, 0.5) is 0 Å².